The van der Waals surface area contributed by atoms with Crippen molar-refractivity contribution in [1.82, 2.24) is 4.90 Å². The zero-order valence-corrected chi connectivity index (χ0v) is 19.3. The largest absolute Gasteiger partial charge is 0.332 e. The molecule has 0 unspecified atom stereocenters. The van der Waals surface area contributed by atoms with Gasteiger partial charge in [0.1, 0.15) is 0 Å². The van der Waals surface area contributed by atoms with E-state index in [-0.39, 0.29) is 24.4 Å². The Bertz CT molecular complexity index is 1120. The van der Waals surface area contributed by atoms with Gasteiger partial charge in [0.05, 0.1) is 6.54 Å². The highest BCUT2D eigenvalue weighted by Crippen LogP contribution is 2.20. The molecule has 7 nitrogen and oxygen atoms in total. The number of nitrogens with one attached hydrogen (secondary N) is 3. The molecule has 0 atom stereocenters. The van der Waals surface area contributed by atoms with Gasteiger partial charge in [-0.15, -0.1) is 0 Å². The number of hydrogen-bond donors (Lipinski definition) is 3. The fourth-order valence-electron chi connectivity index (χ4n) is 2.98. The highest BCUT2D eigenvalue weighted by atomic mass is 79.9. The Balaban J connectivity index is 1.53. The molecule has 0 heterocycles. The van der Waals surface area contributed by atoms with Crippen molar-refractivity contribution in [2.45, 2.75) is 6.92 Å². The highest BCUT2D eigenvalue weighted by molar-refractivity contribution is 9.10. The number of carbonyl (C=O) groups excluding carboxylic acids is 3. The lowest BCUT2D eigenvalue weighted by Gasteiger charge is -2.18. The number of nitrogens with zero attached hydrogens (tertiary/aromatic N) is 1. The number of hydrogen-bond acceptors (Lipinski definition) is 3. The van der Waals surface area contributed by atoms with Crippen LogP contribution in [0.1, 0.15) is 15.9 Å². The molecule has 164 valence electrons. The van der Waals surface area contributed by atoms with Crippen molar-refractivity contribution in [3.8, 4) is 0 Å². The molecule has 0 saturated carbocycles. The van der Waals surface area contributed by atoms with Crippen molar-refractivity contribution in [3.05, 3.63) is 88.4 Å². The van der Waals surface area contributed by atoms with Crippen LogP contribution in [0.5, 0.6) is 0 Å². The van der Waals surface area contributed by atoms with E-state index >= 15 is 0 Å². The summed E-state index contributed by atoms with van der Waals surface area (Å²) in [7, 11) is 1.57. The van der Waals surface area contributed by atoms with Crippen LogP contribution in [0, 0.1) is 6.92 Å². The van der Waals surface area contributed by atoms with E-state index in [4.69, 9.17) is 0 Å². The summed E-state index contributed by atoms with van der Waals surface area (Å²) >= 11 is 3.39. The maximum atomic E-state index is 12.7. The number of benzene rings is 3. The molecule has 0 radical (unpaired) electrons. The third kappa shape index (κ3) is 6.42. The van der Waals surface area contributed by atoms with E-state index in [1.165, 1.54) is 4.90 Å². The zero-order valence-electron chi connectivity index (χ0n) is 17.7. The Morgan fingerprint density at radius 1 is 0.844 bits per heavy atom. The minimum atomic E-state index is -0.382. The van der Waals surface area contributed by atoms with Crippen molar-refractivity contribution in [2.24, 2.45) is 0 Å². The molecule has 3 rings (SSSR count). The fraction of sp³-hybridized carbons (Fsp3) is 0.125. The van der Waals surface area contributed by atoms with Crippen LogP contribution >= 0.6 is 15.9 Å². The summed E-state index contributed by atoms with van der Waals surface area (Å²) in [4.78, 5) is 38.4. The molecule has 3 aromatic carbocycles. The summed E-state index contributed by atoms with van der Waals surface area (Å²) in [6, 6.07) is 20.7. The van der Waals surface area contributed by atoms with Crippen LogP contribution in [0.25, 0.3) is 0 Å². The second-order valence-electron chi connectivity index (χ2n) is 7.19. The molecule has 0 aromatic heterocycles. The van der Waals surface area contributed by atoms with Crippen LogP contribution in [-0.2, 0) is 4.79 Å². The van der Waals surface area contributed by atoms with Crippen LogP contribution in [0.2, 0.25) is 0 Å². The second-order valence-corrected chi connectivity index (χ2v) is 8.11. The van der Waals surface area contributed by atoms with Crippen molar-refractivity contribution < 1.29 is 14.4 Å². The molecular weight excluding hydrogens is 472 g/mol. The normalized spacial score (nSPS) is 10.2. The predicted molar refractivity (Wildman–Crippen MR) is 130 cm³/mol. The van der Waals surface area contributed by atoms with Gasteiger partial charge in [-0.1, -0.05) is 34.1 Å². The second kappa shape index (κ2) is 10.6. The van der Waals surface area contributed by atoms with Gasteiger partial charge in [0.15, 0.2) is 0 Å². The monoisotopic (exact) mass is 494 g/mol. The number of anilines is 3. The Morgan fingerprint density at radius 2 is 1.47 bits per heavy atom. The molecule has 0 aliphatic rings. The van der Waals surface area contributed by atoms with E-state index in [9.17, 15) is 14.4 Å². The van der Waals surface area contributed by atoms with E-state index in [1.54, 1.807) is 49.5 Å². The summed E-state index contributed by atoms with van der Waals surface area (Å²) in [5.41, 5.74) is 3.25. The summed E-state index contributed by atoms with van der Waals surface area (Å²) in [5, 5.41) is 8.25. The molecule has 3 N–H and O–H groups in total. The number of amides is 4. The number of likely N-dealkylation sites (N-methyl/N-ethyl adjacent to an activating group) is 1. The number of aryl methyl sites for hydroxylation is 1. The quantitative estimate of drug-likeness (QED) is 0.444. The summed E-state index contributed by atoms with van der Waals surface area (Å²) < 4.78 is 0.927. The molecule has 8 heteroatoms. The van der Waals surface area contributed by atoms with Gasteiger partial charge in [-0.25, -0.2) is 4.79 Å². The van der Waals surface area contributed by atoms with Crippen LogP contribution in [-0.4, -0.2) is 36.3 Å². The van der Waals surface area contributed by atoms with Gasteiger partial charge in [-0.3, -0.25) is 9.59 Å². The number of para-hydroxylation sites is 1. The average molecular weight is 495 g/mol. The van der Waals surface area contributed by atoms with Crippen LogP contribution in [0.15, 0.2) is 77.3 Å². The van der Waals surface area contributed by atoms with E-state index in [2.05, 4.69) is 31.9 Å². The first-order chi connectivity index (χ1) is 15.3. The van der Waals surface area contributed by atoms with Crippen LogP contribution in [0.3, 0.4) is 0 Å². The first-order valence-corrected chi connectivity index (χ1v) is 10.7. The minimum absolute atomic E-state index is 0.0895. The maximum Gasteiger partial charge on any atom is 0.323 e. The minimum Gasteiger partial charge on any atom is -0.332 e. The van der Waals surface area contributed by atoms with E-state index in [1.807, 2.05) is 37.3 Å². The van der Waals surface area contributed by atoms with Gasteiger partial charge in [0.2, 0.25) is 5.91 Å². The standard InChI is InChI=1S/C24H23BrN4O3/c1-16-14-18(25)10-13-21(16)28-22(30)15-29(2)23(31)17-8-11-20(12-9-17)27-24(32)26-19-6-4-3-5-7-19/h3-14H,15H2,1-2H3,(H,28,30)(H2,26,27,32). The Morgan fingerprint density at radius 3 is 2.09 bits per heavy atom. The van der Waals surface area contributed by atoms with Crippen LogP contribution < -0.4 is 16.0 Å². The topological polar surface area (TPSA) is 90.5 Å². The van der Waals surface area contributed by atoms with Gasteiger partial charge >= 0.3 is 6.03 Å². The molecule has 3 aromatic rings. The zero-order chi connectivity index (χ0) is 23.1. The third-order valence-electron chi connectivity index (χ3n) is 4.61. The van der Waals surface area contributed by atoms with Crippen LogP contribution in [0.4, 0.5) is 21.9 Å². The predicted octanol–water partition coefficient (Wildman–Crippen LogP) is 5.11. The van der Waals surface area contributed by atoms with E-state index in [0.29, 0.717) is 22.6 Å². The van der Waals surface area contributed by atoms with Crippen molar-refractivity contribution in [3.63, 3.8) is 0 Å². The number of carbonyl (C=O) groups is 3. The number of halogens is 1. The lowest BCUT2D eigenvalue weighted by molar-refractivity contribution is -0.116. The fourth-order valence-corrected chi connectivity index (χ4v) is 3.45. The molecule has 4 amide bonds. The van der Waals surface area contributed by atoms with E-state index < -0.39 is 0 Å². The van der Waals surface area contributed by atoms with Crippen molar-refractivity contribution in [2.75, 3.05) is 29.5 Å². The Hall–Kier alpha value is -3.65. The molecule has 0 saturated heterocycles. The summed E-state index contributed by atoms with van der Waals surface area (Å²) in [5.74, 6) is -0.588. The van der Waals surface area contributed by atoms with Gasteiger partial charge < -0.3 is 20.9 Å². The summed E-state index contributed by atoms with van der Waals surface area (Å²) in [6.45, 7) is 1.80. The van der Waals surface area contributed by atoms with Gasteiger partial charge in [-0.2, -0.15) is 0 Å². The van der Waals surface area contributed by atoms with Crippen molar-refractivity contribution in [1.29, 1.82) is 0 Å². The molecule has 0 bridgehead atoms. The molecule has 32 heavy (non-hydrogen) atoms. The number of rotatable bonds is 6. The molecule has 0 aliphatic carbocycles. The smallest absolute Gasteiger partial charge is 0.323 e. The summed E-state index contributed by atoms with van der Waals surface area (Å²) in [6.07, 6.45) is 0. The van der Waals surface area contributed by atoms with Gasteiger partial charge in [-0.05, 0) is 67.1 Å². The van der Waals surface area contributed by atoms with E-state index in [0.717, 1.165) is 10.0 Å². The number of urea groups is 1. The molecule has 0 fully saturated rings. The molecule has 0 aliphatic heterocycles. The molecular formula is C24H23BrN4O3. The highest BCUT2D eigenvalue weighted by Gasteiger charge is 2.16. The lowest BCUT2D eigenvalue weighted by atomic mass is 10.2. The van der Waals surface area contributed by atoms with Crippen molar-refractivity contribution >= 4 is 50.8 Å². The van der Waals surface area contributed by atoms with Gasteiger partial charge in [0, 0.05) is 34.1 Å². The average Bonchev–Trinajstić information content (AvgIpc) is 2.76. The van der Waals surface area contributed by atoms with Gasteiger partial charge in [0.25, 0.3) is 5.91 Å². The lowest BCUT2D eigenvalue weighted by Crippen LogP contribution is -2.35. The Labute approximate surface area is 194 Å². The first kappa shape index (κ1) is 23.0. The molecule has 0 spiro atoms. The maximum absolute atomic E-state index is 12.7. The third-order valence-corrected chi connectivity index (χ3v) is 5.10. The Kier molecular flexibility index (Phi) is 7.62. The first-order valence-electron chi connectivity index (χ1n) is 9.86. The SMILES string of the molecule is Cc1cc(Br)ccc1NC(=O)CN(C)C(=O)c1ccc(NC(=O)Nc2ccccc2)cc1.